The first-order valence-electron chi connectivity index (χ1n) is 14.9. The number of para-hydroxylation sites is 2. The molecule has 1 aliphatic carbocycles. The number of benzene rings is 6. The topological polar surface area (TPSA) is 30.7 Å². The zero-order valence-electron chi connectivity index (χ0n) is 23.5. The number of nitrogens with zero attached hydrogens (tertiary/aromatic N) is 3. The second kappa shape index (κ2) is 9.50. The second-order valence-electron chi connectivity index (χ2n) is 11.3. The van der Waals surface area contributed by atoms with Gasteiger partial charge in [-0.05, 0) is 87.0 Å². The first kappa shape index (κ1) is 24.1. The van der Waals surface area contributed by atoms with Crippen molar-refractivity contribution in [2.24, 2.45) is 0 Å². The normalized spacial score (nSPS) is 12.8. The van der Waals surface area contributed by atoms with E-state index in [1.165, 1.54) is 54.6 Å². The van der Waals surface area contributed by atoms with Crippen LogP contribution in [0.3, 0.4) is 0 Å². The van der Waals surface area contributed by atoms with Gasteiger partial charge >= 0.3 is 0 Å². The number of fused-ring (bicyclic) bond motifs is 9. The SMILES string of the molecule is C1=Cc2c(c3ccc(-c4cccc(-c5ccnc(-n6c7ccccc7c7ccccc76)n5)c4)cc3c3ccccc23)CC1. The molecule has 0 amide bonds. The minimum absolute atomic E-state index is 0.677. The van der Waals surface area contributed by atoms with Crippen LogP contribution in [0.2, 0.25) is 0 Å². The third kappa shape index (κ3) is 3.75. The Morgan fingerprint density at radius 3 is 2.05 bits per heavy atom. The Labute approximate surface area is 249 Å². The average molecular weight is 550 g/mol. The molecule has 3 nitrogen and oxygen atoms in total. The molecule has 2 heterocycles. The first-order valence-corrected chi connectivity index (χ1v) is 14.9. The van der Waals surface area contributed by atoms with Gasteiger partial charge in [-0.15, -0.1) is 0 Å². The highest BCUT2D eigenvalue weighted by atomic mass is 15.2. The number of rotatable bonds is 3. The van der Waals surface area contributed by atoms with Crippen molar-refractivity contribution in [1.82, 2.24) is 14.5 Å². The minimum atomic E-state index is 0.677. The van der Waals surface area contributed by atoms with E-state index in [0.29, 0.717) is 5.95 Å². The molecule has 2 aromatic heterocycles. The maximum absolute atomic E-state index is 5.10. The van der Waals surface area contributed by atoms with Crippen molar-refractivity contribution >= 4 is 49.4 Å². The molecule has 0 saturated heterocycles. The maximum Gasteiger partial charge on any atom is 0.235 e. The second-order valence-corrected chi connectivity index (χ2v) is 11.3. The van der Waals surface area contributed by atoms with Gasteiger partial charge in [0.25, 0.3) is 0 Å². The summed E-state index contributed by atoms with van der Waals surface area (Å²) in [6, 6.07) is 43.5. The van der Waals surface area contributed by atoms with Crippen LogP contribution in [0.4, 0.5) is 0 Å². The summed E-state index contributed by atoms with van der Waals surface area (Å²) in [4.78, 5) is 9.84. The molecule has 0 unspecified atom stereocenters. The lowest BCUT2D eigenvalue weighted by atomic mass is 9.85. The molecular formula is C40H27N3. The predicted molar refractivity (Wildman–Crippen MR) is 180 cm³/mol. The van der Waals surface area contributed by atoms with Crippen molar-refractivity contribution in [1.29, 1.82) is 0 Å². The number of hydrogen-bond acceptors (Lipinski definition) is 2. The van der Waals surface area contributed by atoms with Crippen LogP contribution in [0, 0.1) is 0 Å². The van der Waals surface area contributed by atoms with Crippen molar-refractivity contribution in [3.05, 3.63) is 145 Å². The fourth-order valence-corrected chi connectivity index (χ4v) is 6.97. The molecule has 0 radical (unpaired) electrons. The maximum atomic E-state index is 5.10. The number of aryl methyl sites for hydroxylation is 1. The Kier molecular flexibility index (Phi) is 5.32. The van der Waals surface area contributed by atoms with Crippen LogP contribution < -0.4 is 0 Å². The predicted octanol–water partition coefficient (Wildman–Crippen LogP) is 10.2. The van der Waals surface area contributed by atoms with E-state index in [1.807, 2.05) is 12.3 Å². The molecule has 0 N–H and O–H groups in total. The highest BCUT2D eigenvalue weighted by molar-refractivity contribution is 6.14. The highest BCUT2D eigenvalue weighted by Crippen LogP contribution is 2.39. The number of aromatic nitrogens is 3. The molecule has 0 aliphatic heterocycles. The molecule has 3 heteroatoms. The summed E-state index contributed by atoms with van der Waals surface area (Å²) in [5, 5.41) is 7.75. The summed E-state index contributed by atoms with van der Waals surface area (Å²) < 4.78 is 2.17. The van der Waals surface area contributed by atoms with Gasteiger partial charge in [0, 0.05) is 22.5 Å². The van der Waals surface area contributed by atoms with Gasteiger partial charge in [0.2, 0.25) is 5.95 Å². The minimum Gasteiger partial charge on any atom is -0.278 e. The number of allylic oxidation sites excluding steroid dienone is 1. The first-order chi connectivity index (χ1) is 21.3. The quantitative estimate of drug-likeness (QED) is 0.205. The average Bonchev–Trinajstić information content (AvgIpc) is 3.43. The van der Waals surface area contributed by atoms with Crippen molar-refractivity contribution in [2.45, 2.75) is 12.8 Å². The zero-order valence-corrected chi connectivity index (χ0v) is 23.5. The third-order valence-corrected chi connectivity index (χ3v) is 8.94. The van der Waals surface area contributed by atoms with E-state index in [9.17, 15) is 0 Å². The summed E-state index contributed by atoms with van der Waals surface area (Å²) in [7, 11) is 0. The largest absolute Gasteiger partial charge is 0.278 e. The highest BCUT2D eigenvalue weighted by Gasteiger charge is 2.16. The van der Waals surface area contributed by atoms with Crippen molar-refractivity contribution < 1.29 is 0 Å². The lowest BCUT2D eigenvalue weighted by Gasteiger charge is -2.18. The smallest absolute Gasteiger partial charge is 0.235 e. The van der Waals surface area contributed by atoms with Gasteiger partial charge in [-0.2, -0.15) is 0 Å². The Morgan fingerprint density at radius 1 is 0.535 bits per heavy atom. The van der Waals surface area contributed by atoms with Gasteiger partial charge in [-0.1, -0.05) is 103 Å². The van der Waals surface area contributed by atoms with Crippen LogP contribution in [0.1, 0.15) is 17.5 Å². The third-order valence-electron chi connectivity index (χ3n) is 8.94. The van der Waals surface area contributed by atoms with Crippen LogP contribution in [-0.4, -0.2) is 14.5 Å². The molecule has 0 atom stereocenters. The molecule has 0 bridgehead atoms. The zero-order chi connectivity index (χ0) is 28.3. The summed E-state index contributed by atoms with van der Waals surface area (Å²) in [6.45, 7) is 0. The van der Waals surface area contributed by atoms with E-state index in [2.05, 4.69) is 132 Å². The molecule has 43 heavy (non-hydrogen) atoms. The summed E-state index contributed by atoms with van der Waals surface area (Å²) in [6.07, 6.45) is 8.67. The van der Waals surface area contributed by atoms with Crippen molar-refractivity contribution in [3.63, 3.8) is 0 Å². The van der Waals surface area contributed by atoms with Crippen LogP contribution in [-0.2, 0) is 6.42 Å². The van der Waals surface area contributed by atoms with E-state index < -0.39 is 0 Å². The Balaban J connectivity index is 1.18. The summed E-state index contributed by atoms with van der Waals surface area (Å²) >= 11 is 0. The molecular weight excluding hydrogens is 522 g/mol. The van der Waals surface area contributed by atoms with Crippen LogP contribution in [0.5, 0.6) is 0 Å². The lowest BCUT2D eigenvalue weighted by molar-refractivity contribution is 0.992. The van der Waals surface area contributed by atoms with E-state index in [4.69, 9.17) is 9.97 Å². The van der Waals surface area contributed by atoms with Gasteiger partial charge in [-0.3, -0.25) is 4.57 Å². The molecule has 202 valence electrons. The molecule has 6 aromatic carbocycles. The van der Waals surface area contributed by atoms with Crippen LogP contribution in [0.15, 0.2) is 134 Å². The van der Waals surface area contributed by atoms with Crippen molar-refractivity contribution in [2.75, 3.05) is 0 Å². The number of hydrogen-bond donors (Lipinski definition) is 0. The van der Waals surface area contributed by atoms with E-state index in [0.717, 1.165) is 35.1 Å². The molecule has 0 spiro atoms. The Bertz CT molecular complexity index is 2360. The van der Waals surface area contributed by atoms with E-state index in [-0.39, 0.29) is 0 Å². The Hall–Kier alpha value is -5.54. The van der Waals surface area contributed by atoms with E-state index >= 15 is 0 Å². The lowest BCUT2D eigenvalue weighted by Crippen LogP contribution is -2.01. The van der Waals surface area contributed by atoms with Crippen LogP contribution >= 0.6 is 0 Å². The van der Waals surface area contributed by atoms with Gasteiger partial charge in [0.1, 0.15) is 0 Å². The fraction of sp³-hybridized carbons (Fsp3) is 0.0500. The fourth-order valence-electron chi connectivity index (χ4n) is 6.97. The van der Waals surface area contributed by atoms with Gasteiger partial charge in [0.15, 0.2) is 0 Å². The standard InChI is InChI=1S/C40H27N3/c1-2-14-31-29(12-1)30-13-3-4-15-32(30)36-25-27(20-21-33(31)36)26-10-9-11-28(24-26)37-22-23-41-40(42-37)43-38-18-7-5-16-34(38)35-17-6-8-19-39(35)43/h1,3-13,15-25H,2,14H2. The monoisotopic (exact) mass is 549 g/mol. The molecule has 1 aliphatic rings. The van der Waals surface area contributed by atoms with Crippen molar-refractivity contribution in [3.8, 4) is 28.3 Å². The molecule has 0 saturated carbocycles. The summed E-state index contributed by atoms with van der Waals surface area (Å²) in [5.41, 5.74) is 9.43. The molecule has 0 fully saturated rings. The Morgan fingerprint density at radius 2 is 1.23 bits per heavy atom. The van der Waals surface area contributed by atoms with E-state index in [1.54, 1.807) is 0 Å². The molecule has 9 rings (SSSR count). The molecule has 8 aromatic rings. The van der Waals surface area contributed by atoms with Gasteiger partial charge < -0.3 is 0 Å². The van der Waals surface area contributed by atoms with Gasteiger partial charge in [0.05, 0.1) is 16.7 Å². The van der Waals surface area contributed by atoms with Crippen LogP contribution in [0.25, 0.3) is 77.8 Å². The van der Waals surface area contributed by atoms with Gasteiger partial charge in [-0.25, -0.2) is 9.97 Å². The summed E-state index contributed by atoms with van der Waals surface area (Å²) in [5.74, 6) is 0.677.